The second kappa shape index (κ2) is 6.14. The number of amides is 1. The summed E-state index contributed by atoms with van der Waals surface area (Å²) in [6.07, 6.45) is -0.906. The van der Waals surface area contributed by atoms with E-state index in [1.165, 1.54) is 14.0 Å². The maximum Gasteiger partial charge on any atom is 0.413 e. The summed E-state index contributed by atoms with van der Waals surface area (Å²) < 4.78 is 41.6. The maximum absolute atomic E-state index is 13.3. The van der Waals surface area contributed by atoms with Crippen molar-refractivity contribution in [1.29, 1.82) is 0 Å². The highest BCUT2D eigenvalue weighted by atomic mass is 32.3. The quantitative estimate of drug-likeness (QED) is 0.869. The minimum absolute atomic E-state index is 0.00121. The standard InChI is InChI=1S/C13H14FN3O4S/c1-9-11(22(14,19)20)12(17(2)16-9)15-13(18)21-8-10-6-4-3-5-7-10/h3-7H,8H2,1-2H3,(H,15,18). The third-order valence-corrected chi connectivity index (χ3v) is 3.82. The topological polar surface area (TPSA) is 90.3 Å². The molecule has 0 atom stereocenters. The van der Waals surface area contributed by atoms with E-state index in [1.807, 2.05) is 6.07 Å². The number of rotatable bonds is 4. The summed E-state index contributed by atoms with van der Waals surface area (Å²) in [5.41, 5.74) is 0.709. The van der Waals surface area contributed by atoms with Gasteiger partial charge in [0.05, 0.1) is 5.69 Å². The number of ether oxygens (including phenoxy) is 1. The molecule has 1 N–H and O–H groups in total. The molecule has 0 aliphatic carbocycles. The van der Waals surface area contributed by atoms with Gasteiger partial charge < -0.3 is 4.74 Å². The van der Waals surface area contributed by atoms with Gasteiger partial charge in [-0.05, 0) is 12.5 Å². The van der Waals surface area contributed by atoms with E-state index in [1.54, 1.807) is 24.3 Å². The number of hydrogen-bond donors (Lipinski definition) is 1. The lowest BCUT2D eigenvalue weighted by molar-refractivity contribution is 0.155. The smallest absolute Gasteiger partial charge is 0.413 e. The molecule has 118 valence electrons. The van der Waals surface area contributed by atoms with E-state index in [0.717, 1.165) is 10.2 Å². The lowest BCUT2D eigenvalue weighted by Crippen LogP contribution is -2.17. The normalized spacial score (nSPS) is 11.2. The molecule has 0 radical (unpaired) electrons. The SMILES string of the molecule is Cc1nn(C)c(NC(=O)OCc2ccccc2)c1S(=O)(=O)F. The first-order valence-corrected chi connectivity index (χ1v) is 7.63. The third-order valence-electron chi connectivity index (χ3n) is 2.84. The molecule has 1 aromatic carbocycles. The number of aromatic nitrogens is 2. The minimum atomic E-state index is -5.01. The van der Waals surface area contributed by atoms with E-state index >= 15 is 0 Å². The van der Waals surface area contributed by atoms with Crippen LogP contribution in [0.3, 0.4) is 0 Å². The summed E-state index contributed by atoms with van der Waals surface area (Å²) >= 11 is 0. The van der Waals surface area contributed by atoms with Crippen LogP contribution >= 0.6 is 0 Å². The Hall–Kier alpha value is -2.42. The van der Waals surface area contributed by atoms with Gasteiger partial charge in [0.15, 0.2) is 10.7 Å². The molecule has 0 saturated carbocycles. The highest BCUT2D eigenvalue weighted by Crippen LogP contribution is 2.26. The monoisotopic (exact) mass is 327 g/mol. The van der Waals surface area contributed by atoms with Crippen LogP contribution in [0.4, 0.5) is 14.5 Å². The van der Waals surface area contributed by atoms with E-state index in [-0.39, 0.29) is 18.1 Å². The molecule has 0 saturated heterocycles. The van der Waals surface area contributed by atoms with Crippen molar-refractivity contribution in [1.82, 2.24) is 9.78 Å². The molecule has 2 aromatic rings. The Kier molecular flexibility index (Phi) is 4.45. The molecule has 0 fully saturated rings. The van der Waals surface area contributed by atoms with Gasteiger partial charge in [-0.3, -0.25) is 10.00 Å². The van der Waals surface area contributed by atoms with E-state index in [4.69, 9.17) is 4.74 Å². The average molecular weight is 327 g/mol. The van der Waals surface area contributed by atoms with Crippen molar-refractivity contribution in [3.63, 3.8) is 0 Å². The summed E-state index contributed by atoms with van der Waals surface area (Å²) in [6.45, 7) is 1.33. The predicted octanol–water partition coefficient (Wildman–Crippen LogP) is 2.14. The molecular formula is C13H14FN3O4S. The third kappa shape index (κ3) is 3.61. The number of aryl methyl sites for hydroxylation is 2. The Balaban J connectivity index is 2.12. The first-order chi connectivity index (χ1) is 10.3. The highest BCUT2D eigenvalue weighted by Gasteiger charge is 2.27. The molecule has 1 amide bonds. The van der Waals surface area contributed by atoms with Crippen LogP contribution in [-0.2, 0) is 28.6 Å². The van der Waals surface area contributed by atoms with Gasteiger partial charge >= 0.3 is 16.3 Å². The van der Waals surface area contributed by atoms with Crippen molar-refractivity contribution in [2.75, 3.05) is 5.32 Å². The largest absolute Gasteiger partial charge is 0.444 e. The molecule has 0 aliphatic rings. The van der Waals surface area contributed by atoms with Gasteiger partial charge in [0, 0.05) is 7.05 Å². The first kappa shape index (κ1) is 16.0. The zero-order valence-electron chi connectivity index (χ0n) is 11.9. The Morgan fingerprint density at radius 2 is 2.00 bits per heavy atom. The van der Waals surface area contributed by atoms with E-state index in [2.05, 4.69) is 10.4 Å². The van der Waals surface area contributed by atoms with Crippen molar-refractivity contribution in [2.24, 2.45) is 7.05 Å². The average Bonchev–Trinajstić information content (AvgIpc) is 2.72. The van der Waals surface area contributed by atoms with Crippen molar-refractivity contribution in [2.45, 2.75) is 18.4 Å². The zero-order chi connectivity index (χ0) is 16.3. The Labute approximate surface area is 126 Å². The lowest BCUT2D eigenvalue weighted by atomic mass is 10.2. The zero-order valence-corrected chi connectivity index (χ0v) is 12.7. The number of hydrogen-bond acceptors (Lipinski definition) is 5. The van der Waals surface area contributed by atoms with Crippen LogP contribution in [0, 0.1) is 6.92 Å². The molecule has 9 heteroatoms. The molecule has 0 bridgehead atoms. The molecule has 0 unspecified atom stereocenters. The van der Waals surface area contributed by atoms with Gasteiger partial charge in [0.2, 0.25) is 0 Å². The van der Waals surface area contributed by atoms with Gasteiger partial charge in [-0.1, -0.05) is 30.3 Å². The fourth-order valence-corrected chi connectivity index (χ4v) is 2.73. The number of carbonyl (C=O) groups excluding carboxylic acids is 1. The number of nitrogens with zero attached hydrogens (tertiary/aromatic N) is 2. The van der Waals surface area contributed by atoms with Crippen LogP contribution in [0.15, 0.2) is 35.2 Å². The lowest BCUT2D eigenvalue weighted by Gasteiger charge is -2.08. The first-order valence-electron chi connectivity index (χ1n) is 6.25. The number of halogens is 1. The second-order valence-corrected chi connectivity index (χ2v) is 5.80. The van der Waals surface area contributed by atoms with Crippen LogP contribution < -0.4 is 5.32 Å². The number of anilines is 1. The van der Waals surface area contributed by atoms with Crippen LogP contribution in [0.2, 0.25) is 0 Å². The minimum Gasteiger partial charge on any atom is -0.444 e. The van der Waals surface area contributed by atoms with Gasteiger partial charge in [-0.2, -0.15) is 13.5 Å². The summed E-state index contributed by atoms with van der Waals surface area (Å²) in [7, 11) is -3.63. The summed E-state index contributed by atoms with van der Waals surface area (Å²) in [5, 5.41) is 5.97. The predicted molar refractivity (Wildman–Crippen MR) is 76.5 cm³/mol. The van der Waals surface area contributed by atoms with Crippen molar-refractivity contribution in [3.8, 4) is 0 Å². The molecule has 22 heavy (non-hydrogen) atoms. The molecule has 2 rings (SSSR count). The fraction of sp³-hybridized carbons (Fsp3) is 0.231. The van der Waals surface area contributed by atoms with Crippen molar-refractivity contribution < 1.29 is 21.8 Å². The van der Waals surface area contributed by atoms with Crippen LogP contribution in [0.25, 0.3) is 0 Å². The molecule has 7 nitrogen and oxygen atoms in total. The van der Waals surface area contributed by atoms with Gasteiger partial charge in [0.25, 0.3) is 0 Å². The summed E-state index contributed by atoms with van der Waals surface area (Å²) in [6, 6.07) is 8.92. The van der Waals surface area contributed by atoms with Crippen LogP contribution in [0.5, 0.6) is 0 Å². The van der Waals surface area contributed by atoms with E-state index in [9.17, 15) is 17.1 Å². The Morgan fingerprint density at radius 1 is 1.36 bits per heavy atom. The van der Waals surface area contributed by atoms with Crippen LogP contribution in [-0.4, -0.2) is 24.3 Å². The number of nitrogens with one attached hydrogen (secondary N) is 1. The maximum atomic E-state index is 13.3. The number of benzene rings is 1. The van der Waals surface area contributed by atoms with Crippen LogP contribution in [0.1, 0.15) is 11.3 Å². The van der Waals surface area contributed by atoms with E-state index in [0.29, 0.717) is 0 Å². The summed E-state index contributed by atoms with van der Waals surface area (Å²) in [4.78, 5) is 11.1. The molecule has 1 heterocycles. The number of carbonyl (C=O) groups is 1. The Morgan fingerprint density at radius 3 is 2.59 bits per heavy atom. The fourth-order valence-electron chi connectivity index (χ4n) is 1.92. The van der Waals surface area contributed by atoms with E-state index < -0.39 is 21.2 Å². The van der Waals surface area contributed by atoms with Crippen molar-refractivity contribution in [3.05, 3.63) is 41.6 Å². The molecule has 1 aromatic heterocycles. The molecule has 0 spiro atoms. The second-order valence-electron chi connectivity index (χ2n) is 4.51. The van der Waals surface area contributed by atoms with Gasteiger partial charge in [0.1, 0.15) is 6.61 Å². The highest BCUT2D eigenvalue weighted by molar-refractivity contribution is 7.86. The van der Waals surface area contributed by atoms with Gasteiger partial charge in [-0.15, -0.1) is 3.89 Å². The Bertz CT molecular complexity index is 787. The molecular weight excluding hydrogens is 313 g/mol. The molecule has 0 aliphatic heterocycles. The van der Waals surface area contributed by atoms with Gasteiger partial charge in [-0.25, -0.2) is 4.79 Å². The van der Waals surface area contributed by atoms with Crippen molar-refractivity contribution >= 4 is 22.1 Å². The summed E-state index contributed by atoms with van der Waals surface area (Å²) in [5.74, 6) is -0.280.